The Hall–Kier alpha value is -2.90. The van der Waals surface area contributed by atoms with Gasteiger partial charge in [-0.05, 0) is 68.8 Å². The predicted octanol–water partition coefficient (Wildman–Crippen LogP) is 4.12. The van der Waals surface area contributed by atoms with Gasteiger partial charge in [-0.1, -0.05) is 49.6 Å². The number of anilines is 2. The smallest absolute Gasteiger partial charge is 0.251 e. The first-order chi connectivity index (χ1) is 18.0. The number of aliphatic hydroxyl groups is 1. The Bertz CT molecular complexity index is 1020. The molecule has 0 aromatic heterocycles. The van der Waals surface area contributed by atoms with Crippen LogP contribution in [0.2, 0.25) is 0 Å². The lowest BCUT2D eigenvalue weighted by Crippen LogP contribution is -2.49. The van der Waals surface area contributed by atoms with Crippen LogP contribution in [0.4, 0.5) is 11.4 Å². The molecule has 2 aromatic carbocycles. The van der Waals surface area contributed by atoms with E-state index in [-0.39, 0.29) is 11.8 Å². The third-order valence-electron chi connectivity index (χ3n) is 7.54. The maximum atomic E-state index is 13.5. The second kappa shape index (κ2) is 13.6. The van der Waals surface area contributed by atoms with Crippen molar-refractivity contribution < 1.29 is 14.7 Å². The van der Waals surface area contributed by atoms with Gasteiger partial charge in [0.15, 0.2) is 0 Å². The van der Waals surface area contributed by atoms with Crippen LogP contribution in [-0.4, -0.2) is 55.2 Å². The van der Waals surface area contributed by atoms with Gasteiger partial charge >= 0.3 is 0 Å². The summed E-state index contributed by atoms with van der Waals surface area (Å²) in [6.45, 7) is 4.71. The molecule has 37 heavy (non-hydrogen) atoms. The van der Waals surface area contributed by atoms with Crippen molar-refractivity contribution in [2.75, 3.05) is 36.4 Å². The minimum absolute atomic E-state index is 0.0847. The molecule has 2 fully saturated rings. The molecule has 4 N–H and O–H groups in total. The molecule has 0 bridgehead atoms. The van der Waals surface area contributed by atoms with Crippen molar-refractivity contribution in [3.05, 3.63) is 59.7 Å². The molecule has 1 saturated heterocycles. The van der Waals surface area contributed by atoms with Gasteiger partial charge in [0, 0.05) is 43.0 Å². The molecule has 1 heterocycles. The fourth-order valence-corrected chi connectivity index (χ4v) is 5.50. The quantitative estimate of drug-likeness (QED) is 0.348. The maximum absolute atomic E-state index is 13.5. The van der Waals surface area contributed by atoms with Gasteiger partial charge in [0.1, 0.15) is 0 Å². The van der Waals surface area contributed by atoms with Gasteiger partial charge in [0.2, 0.25) is 5.91 Å². The Kier molecular flexibility index (Phi) is 9.97. The van der Waals surface area contributed by atoms with E-state index in [1.807, 2.05) is 49.4 Å². The highest BCUT2D eigenvalue weighted by molar-refractivity contribution is 6.00. The van der Waals surface area contributed by atoms with E-state index in [9.17, 15) is 14.7 Å². The zero-order valence-corrected chi connectivity index (χ0v) is 22.0. The second-order valence-electron chi connectivity index (χ2n) is 10.4. The minimum Gasteiger partial charge on any atom is -0.390 e. The SMILES string of the molecule is CCNc1cc(C(=O)N[C@@H](Cc2ccccc2)[C@H](O)CNCC2CCCCC2)cc(N2CCCC2=O)c1. The summed E-state index contributed by atoms with van der Waals surface area (Å²) >= 11 is 0. The van der Waals surface area contributed by atoms with Gasteiger partial charge in [-0.25, -0.2) is 0 Å². The molecule has 2 aliphatic rings. The van der Waals surface area contributed by atoms with Crippen molar-refractivity contribution >= 4 is 23.2 Å². The number of carbonyl (C=O) groups excluding carboxylic acids is 2. The molecule has 2 atom stereocenters. The van der Waals surface area contributed by atoms with Gasteiger partial charge in [0.05, 0.1) is 12.1 Å². The lowest BCUT2D eigenvalue weighted by Gasteiger charge is -2.27. The molecule has 200 valence electrons. The van der Waals surface area contributed by atoms with Crippen molar-refractivity contribution in [3.8, 4) is 0 Å². The monoisotopic (exact) mass is 506 g/mol. The van der Waals surface area contributed by atoms with E-state index in [4.69, 9.17) is 0 Å². The normalized spacial score (nSPS) is 18.0. The van der Waals surface area contributed by atoms with Crippen LogP contribution in [0.1, 0.15) is 67.8 Å². The van der Waals surface area contributed by atoms with Crippen LogP contribution in [0.5, 0.6) is 0 Å². The van der Waals surface area contributed by atoms with E-state index in [0.717, 1.165) is 29.9 Å². The fraction of sp³-hybridized carbons (Fsp3) is 0.533. The fourth-order valence-electron chi connectivity index (χ4n) is 5.50. The largest absolute Gasteiger partial charge is 0.390 e. The number of nitrogens with one attached hydrogen (secondary N) is 3. The topological polar surface area (TPSA) is 93.7 Å². The van der Waals surface area contributed by atoms with Crippen LogP contribution in [0.15, 0.2) is 48.5 Å². The van der Waals surface area contributed by atoms with E-state index >= 15 is 0 Å². The number of benzene rings is 2. The van der Waals surface area contributed by atoms with Gasteiger partial charge in [-0.3, -0.25) is 9.59 Å². The summed E-state index contributed by atoms with van der Waals surface area (Å²) in [6.07, 6.45) is 7.56. The summed E-state index contributed by atoms with van der Waals surface area (Å²) in [5, 5.41) is 21.0. The molecule has 7 nitrogen and oxygen atoms in total. The molecular formula is C30H42N4O3. The number of nitrogens with zero attached hydrogens (tertiary/aromatic N) is 1. The summed E-state index contributed by atoms with van der Waals surface area (Å²) in [5.74, 6) is 0.505. The van der Waals surface area contributed by atoms with E-state index < -0.39 is 12.1 Å². The zero-order valence-electron chi connectivity index (χ0n) is 22.0. The van der Waals surface area contributed by atoms with Gasteiger partial charge < -0.3 is 26.0 Å². The molecule has 0 spiro atoms. The minimum atomic E-state index is -0.732. The molecule has 0 unspecified atom stereocenters. The number of hydrogen-bond acceptors (Lipinski definition) is 5. The Morgan fingerprint density at radius 1 is 1.08 bits per heavy atom. The third-order valence-corrected chi connectivity index (χ3v) is 7.54. The lowest BCUT2D eigenvalue weighted by atomic mass is 9.89. The standard InChI is InChI=1S/C30H42N4O3/c1-2-32-25-17-24(18-26(19-25)34-15-9-14-29(34)36)30(37)33-27(16-22-10-5-3-6-11-22)28(35)21-31-20-23-12-7-4-8-13-23/h3,5-6,10-11,17-19,23,27-28,31-32,35H,2,4,7-9,12-16,20-21H2,1H3,(H,33,37)/t27-,28+/m0/s1. The lowest BCUT2D eigenvalue weighted by molar-refractivity contribution is -0.117. The molecule has 7 heteroatoms. The van der Waals surface area contributed by atoms with Crippen molar-refractivity contribution in [1.29, 1.82) is 0 Å². The van der Waals surface area contributed by atoms with E-state index in [0.29, 0.717) is 44.0 Å². The van der Waals surface area contributed by atoms with Gasteiger partial charge in [0.25, 0.3) is 5.91 Å². The maximum Gasteiger partial charge on any atom is 0.251 e. The van der Waals surface area contributed by atoms with E-state index in [1.165, 1.54) is 32.1 Å². The van der Waals surface area contributed by atoms with Crippen LogP contribution < -0.4 is 20.9 Å². The number of hydrogen-bond donors (Lipinski definition) is 4. The Labute approximate surface area is 221 Å². The van der Waals surface area contributed by atoms with Crippen molar-refractivity contribution in [1.82, 2.24) is 10.6 Å². The number of amides is 2. The molecule has 0 radical (unpaired) electrons. The second-order valence-corrected chi connectivity index (χ2v) is 10.4. The predicted molar refractivity (Wildman–Crippen MR) is 149 cm³/mol. The molecule has 4 rings (SSSR count). The summed E-state index contributed by atoms with van der Waals surface area (Å²) in [6, 6.07) is 15.0. The highest BCUT2D eigenvalue weighted by Gasteiger charge is 2.26. The molecule has 2 amide bonds. The summed E-state index contributed by atoms with van der Waals surface area (Å²) in [4.78, 5) is 27.6. The first kappa shape index (κ1) is 27.1. The molecule has 1 aliphatic carbocycles. The number of rotatable bonds is 12. The molecule has 1 saturated carbocycles. The van der Waals surface area contributed by atoms with Crippen molar-refractivity contribution in [2.45, 2.75) is 70.4 Å². The third kappa shape index (κ3) is 7.79. The van der Waals surface area contributed by atoms with Crippen LogP contribution in [-0.2, 0) is 11.2 Å². The summed E-state index contributed by atoms with van der Waals surface area (Å²) in [7, 11) is 0. The first-order valence-electron chi connectivity index (χ1n) is 14.0. The average molecular weight is 507 g/mol. The number of aliphatic hydroxyl groups excluding tert-OH is 1. The van der Waals surface area contributed by atoms with Crippen LogP contribution in [0.3, 0.4) is 0 Å². The Balaban J connectivity index is 1.47. The summed E-state index contributed by atoms with van der Waals surface area (Å²) < 4.78 is 0. The molecular weight excluding hydrogens is 464 g/mol. The van der Waals surface area contributed by atoms with Crippen LogP contribution in [0, 0.1) is 5.92 Å². The average Bonchev–Trinajstić information content (AvgIpc) is 3.35. The molecule has 1 aliphatic heterocycles. The van der Waals surface area contributed by atoms with Gasteiger partial charge in [-0.15, -0.1) is 0 Å². The van der Waals surface area contributed by atoms with Crippen LogP contribution >= 0.6 is 0 Å². The van der Waals surface area contributed by atoms with E-state index in [2.05, 4.69) is 16.0 Å². The van der Waals surface area contributed by atoms with Crippen molar-refractivity contribution in [3.63, 3.8) is 0 Å². The highest BCUT2D eigenvalue weighted by atomic mass is 16.3. The van der Waals surface area contributed by atoms with E-state index in [1.54, 1.807) is 11.0 Å². The van der Waals surface area contributed by atoms with Crippen molar-refractivity contribution in [2.24, 2.45) is 5.92 Å². The summed E-state index contributed by atoms with van der Waals surface area (Å²) in [5.41, 5.74) is 3.08. The number of carbonyl (C=O) groups is 2. The van der Waals surface area contributed by atoms with Gasteiger partial charge in [-0.2, -0.15) is 0 Å². The first-order valence-corrected chi connectivity index (χ1v) is 14.0. The zero-order chi connectivity index (χ0) is 26.0. The van der Waals surface area contributed by atoms with Crippen LogP contribution in [0.25, 0.3) is 0 Å². The Morgan fingerprint density at radius 2 is 1.86 bits per heavy atom. The highest BCUT2D eigenvalue weighted by Crippen LogP contribution is 2.27. The Morgan fingerprint density at radius 3 is 2.57 bits per heavy atom. The molecule has 2 aromatic rings.